The maximum atomic E-state index is 11.5. The Hall–Kier alpha value is -1.72. The van der Waals surface area contributed by atoms with E-state index in [1.807, 2.05) is 27.0 Å². The topological polar surface area (TPSA) is 68.2 Å². The predicted molar refractivity (Wildman–Crippen MR) is 73.3 cm³/mol. The molecule has 0 saturated carbocycles. The quantitative estimate of drug-likeness (QED) is 0.875. The molecule has 0 atom stereocenters. The van der Waals surface area contributed by atoms with Gasteiger partial charge in [-0.05, 0) is 27.2 Å². The number of ether oxygens (including phenoxy) is 1. The summed E-state index contributed by atoms with van der Waals surface area (Å²) in [5.41, 5.74) is 0.530. The second-order valence-electron chi connectivity index (χ2n) is 5.71. The van der Waals surface area contributed by atoms with Gasteiger partial charge in [0, 0.05) is 32.3 Å². The van der Waals surface area contributed by atoms with Crippen molar-refractivity contribution in [2.45, 2.75) is 45.8 Å². The predicted octanol–water partition coefficient (Wildman–Crippen LogP) is 1.77. The van der Waals surface area contributed by atoms with Crippen LogP contribution >= 0.6 is 0 Å². The monoisotopic (exact) mass is 266 g/mol. The molecule has 0 spiro atoms. The highest BCUT2D eigenvalue weighted by atomic mass is 16.6. The summed E-state index contributed by atoms with van der Waals surface area (Å²) in [6.45, 7) is 8.07. The Morgan fingerprint density at radius 1 is 1.58 bits per heavy atom. The number of rotatable bonds is 3. The van der Waals surface area contributed by atoms with Crippen LogP contribution in [0.1, 0.15) is 32.9 Å². The van der Waals surface area contributed by atoms with Crippen molar-refractivity contribution in [3.05, 3.63) is 11.9 Å². The summed E-state index contributed by atoms with van der Waals surface area (Å²) in [5, 5.41) is 5.99. The second kappa shape index (κ2) is 5.50. The zero-order chi connectivity index (χ0) is 13.9. The van der Waals surface area contributed by atoms with E-state index in [0.717, 1.165) is 31.2 Å². The second-order valence-corrected chi connectivity index (χ2v) is 5.71. The number of carbonyl (C=O) groups excluding carboxylic acids is 1. The molecule has 6 heteroatoms. The summed E-state index contributed by atoms with van der Waals surface area (Å²) in [6, 6.07) is 0. The highest BCUT2D eigenvalue weighted by molar-refractivity contribution is 5.67. The zero-order valence-corrected chi connectivity index (χ0v) is 11.8. The van der Waals surface area contributed by atoms with Crippen molar-refractivity contribution in [2.24, 2.45) is 0 Å². The van der Waals surface area contributed by atoms with Gasteiger partial charge >= 0.3 is 6.09 Å². The molecule has 0 aromatic carbocycles. The number of anilines is 1. The number of fused-ring (bicyclic) bond motifs is 1. The van der Waals surface area contributed by atoms with E-state index in [9.17, 15) is 4.79 Å². The third kappa shape index (κ3) is 4.15. The fourth-order valence-corrected chi connectivity index (χ4v) is 1.96. The van der Waals surface area contributed by atoms with E-state index in [2.05, 4.69) is 20.2 Å². The normalized spacial score (nSPS) is 14.5. The molecular formula is C13H22N4O2. The minimum atomic E-state index is -0.457. The number of aromatic nitrogens is 2. The lowest BCUT2D eigenvalue weighted by molar-refractivity contribution is 0.0528. The summed E-state index contributed by atoms with van der Waals surface area (Å²) in [7, 11) is 0. The Labute approximate surface area is 113 Å². The van der Waals surface area contributed by atoms with E-state index in [4.69, 9.17) is 4.74 Å². The average Bonchev–Trinajstić information content (AvgIpc) is 2.68. The highest BCUT2D eigenvalue weighted by Gasteiger charge is 2.16. The van der Waals surface area contributed by atoms with Crippen LogP contribution in [0.15, 0.2) is 6.20 Å². The molecule has 0 radical (unpaired) electrons. The summed E-state index contributed by atoms with van der Waals surface area (Å²) in [6.07, 6.45) is 3.49. The fraction of sp³-hybridized carbons (Fsp3) is 0.692. The van der Waals surface area contributed by atoms with Gasteiger partial charge in [-0.15, -0.1) is 0 Å². The molecule has 0 saturated heterocycles. The molecule has 0 unspecified atom stereocenters. The van der Waals surface area contributed by atoms with Crippen LogP contribution in [0.25, 0.3) is 0 Å². The average molecular weight is 266 g/mol. The van der Waals surface area contributed by atoms with Gasteiger partial charge in [-0.3, -0.25) is 0 Å². The number of imidazole rings is 1. The number of carbonyl (C=O) groups is 1. The Bertz CT molecular complexity index is 424. The van der Waals surface area contributed by atoms with E-state index in [1.54, 1.807) is 0 Å². The Kier molecular flexibility index (Phi) is 3.97. The number of alkyl carbamates (subject to hydrolysis) is 1. The SMILES string of the molecule is CC(C)(C)OC(=O)NCCc1cn2c(n1)NCCC2. The van der Waals surface area contributed by atoms with Crippen molar-refractivity contribution in [3.63, 3.8) is 0 Å². The summed E-state index contributed by atoms with van der Waals surface area (Å²) >= 11 is 0. The molecule has 2 N–H and O–H groups in total. The van der Waals surface area contributed by atoms with Crippen LogP contribution in [-0.2, 0) is 17.7 Å². The molecule has 2 rings (SSSR count). The van der Waals surface area contributed by atoms with Crippen LogP contribution in [0.4, 0.5) is 10.7 Å². The lowest BCUT2D eigenvalue weighted by Crippen LogP contribution is -2.33. The van der Waals surface area contributed by atoms with Crippen LogP contribution in [0.5, 0.6) is 0 Å². The van der Waals surface area contributed by atoms with E-state index < -0.39 is 5.60 Å². The van der Waals surface area contributed by atoms with Crippen molar-refractivity contribution in [1.29, 1.82) is 0 Å². The van der Waals surface area contributed by atoms with Crippen molar-refractivity contribution in [2.75, 3.05) is 18.4 Å². The van der Waals surface area contributed by atoms with Gasteiger partial charge in [0.25, 0.3) is 0 Å². The minimum absolute atomic E-state index is 0.380. The van der Waals surface area contributed by atoms with Crippen LogP contribution < -0.4 is 10.6 Å². The Morgan fingerprint density at radius 2 is 2.37 bits per heavy atom. The number of amides is 1. The van der Waals surface area contributed by atoms with Gasteiger partial charge in [0.05, 0.1) is 5.69 Å². The molecule has 106 valence electrons. The summed E-state index contributed by atoms with van der Waals surface area (Å²) in [4.78, 5) is 16.0. The van der Waals surface area contributed by atoms with E-state index in [-0.39, 0.29) is 6.09 Å². The maximum absolute atomic E-state index is 11.5. The lowest BCUT2D eigenvalue weighted by Gasteiger charge is -2.19. The molecule has 1 amide bonds. The van der Waals surface area contributed by atoms with E-state index >= 15 is 0 Å². The molecule has 0 fully saturated rings. The van der Waals surface area contributed by atoms with Crippen LogP contribution in [0.2, 0.25) is 0 Å². The Balaban J connectivity index is 1.77. The molecule has 19 heavy (non-hydrogen) atoms. The Morgan fingerprint density at radius 3 is 3.05 bits per heavy atom. The van der Waals surface area contributed by atoms with Crippen molar-refractivity contribution in [3.8, 4) is 0 Å². The molecule has 0 bridgehead atoms. The van der Waals surface area contributed by atoms with Gasteiger partial charge in [-0.1, -0.05) is 0 Å². The molecule has 0 aliphatic carbocycles. The minimum Gasteiger partial charge on any atom is -0.444 e. The lowest BCUT2D eigenvalue weighted by atomic mass is 10.2. The fourth-order valence-electron chi connectivity index (χ4n) is 1.96. The molecular weight excluding hydrogens is 244 g/mol. The van der Waals surface area contributed by atoms with Gasteiger partial charge in [-0.2, -0.15) is 0 Å². The first kappa shape index (κ1) is 13.7. The number of nitrogens with zero attached hydrogens (tertiary/aromatic N) is 2. The summed E-state index contributed by atoms with van der Waals surface area (Å²) < 4.78 is 7.29. The summed E-state index contributed by atoms with van der Waals surface area (Å²) in [5.74, 6) is 0.929. The van der Waals surface area contributed by atoms with E-state index in [1.165, 1.54) is 0 Å². The van der Waals surface area contributed by atoms with E-state index in [0.29, 0.717) is 13.0 Å². The third-order valence-corrected chi connectivity index (χ3v) is 2.73. The van der Waals surface area contributed by atoms with Crippen molar-refractivity contribution < 1.29 is 9.53 Å². The van der Waals surface area contributed by atoms with Crippen LogP contribution in [0, 0.1) is 0 Å². The largest absolute Gasteiger partial charge is 0.444 e. The van der Waals surface area contributed by atoms with Crippen molar-refractivity contribution in [1.82, 2.24) is 14.9 Å². The van der Waals surface area contributed by atoms with Gasteiger partial charge in [-0.25, -0.2) is 9.78 Å². The highest BCUT2D eigenvalue weighted by Crippen LogP contribution is 2.14. The smallest absolute Gasteiger partial charge is 0.407 e. The standard InChI is InChI=1S/C13H22N4O2/c1-13(2,3)19-12(18)15-7-5-10-9-17-8-4-6-14-11(17)16-10/h9H,4-8H2,1-3H3,(H,14,16)(H,15,18). The van der Waals surface area contributed by atoms with Crippen molar-refractivity contribution >= 4 is 12.0 Å². The number of hydrogen-bond donors (Lipinski definition) is 2. The molecule has 1 aromatic rings. The molecule has 2 heterocycles. The van der Waals surface area contributed by atoms with Gasteiger partial charge in [0.1, 0.15) is 5.60 Å². The zero-order valence-electron chi connectivity index (χ0n) is 11.8. The molecule has 1 aliphatic rings. The van der Waals surface area contributed by atoms with Gasteiger partial charge in [0.2, 0.25) is 5.95 Å². The first-order valence-corrected chi connectivity index (χ1v) is 6.71. The molecule has 1 aromatic heterocycles. The van der Waals surface area contributed by atoms with Crippen LogP contribution in [0.3, 0.4) is 0 Å². The van der Waals surface area contributed by atoms with Gasteiger partial charge in [0.15, 0.2) is 0 Å². The first-order chi connectivity index (χ1) is 8.94. The molecule has 6 nitrogen and oxygen atoms in total. The first-order valence-electron chi connectivity index (χ1n) is 6.71. The number of aryl methyl sites for hydroxylation is 1. The number of hydrogen-bond acceptors (Lipinski definition) is 4. The number of nitrogens with one attached hydrogen (secondary N) is 2. The third-order valence-electron chi connectivity index (χ3n) is 2.73. The van der Waals surface area contributed by atoms with Gasteiger partial charge < -0.3 is 19.9 Å². The molecule has 1 aliphatic heterocycles. The van der Waals surface area contributed by atoms with Crippen LogP contribution in [-0.4, -0.2) is 34.3 Å². The maximum Gasteiger partial charge on any atom is 0.407 e.